The monoisotopic (exact) mass is 758 g/mol. The SMILES string of the molecule is [C-]#[N+]c1ccc(-c2cc(-c3nc(-c4ccccc4)nc(-c4ccccc4)n3)cc(-c3ccc(C#N)cc3)c2-n2c3ccc(C)cc3c3cc(C(F)(F)F)ccc32)cc1. The molecule has 0 aliphatic rings. The van der Waals surface area contributed by atoms with E-state index >= 15 is 0 Å². The summed E-state index contributed by atoms with van der Waals surface area (Å²) in [6.45, 7) is 9.55. The van der Waals surface area contributed by atoms with Crippen LogP contribution in [0.15, 0.2) is 158 Å². The molecule has 0 N–H and O–H groups in total. The second kappa shape index (κ2) is 14.3. The molecule has 6 nitrogen and oxygen atoms in total. The topological polar surface area (TPSA) is 71.8 Å². The van der Waals surface area contributed by atoms with Crippen molar-refractivity contribution < 1.29 is 13.2 Å². The Bertz CT molecular complexity index is 2970. The minimum atomic E-state index is -4.54. The fourth-order valence-corrected chi connectivity index (χ4v) is 7.38. The Kier molecular flexibility index (Phi) is 8.84. The lowest BCUT2D eigenvalue weighted by molar-refractivity contribution is -0.137. The summed E-state index contributed by atoms with van der Waals surface area (Å²) in [5, 5.41) is 10.9. The number of aryl methyl sites for hydroxylation is 1. The van der Waals surface area contributed by atoms with Gasteiger partial charge in [0.15, 0.2) is 23.2 Å². The van der Waals surface area contributed by atoms with Crippen LogP contribution < -0.4 is 0 Å². The third-order valence-electron chi connectivity index (χ3n) is 10.2. The predicted octanol–water partition coefficient (Wildman–Crippen LogP) is 13.1. The van der Waals surface area contributed by atoms with Gasteiger partial charge in [-0.15, -0.1) is 0 Å². The number of halogens is 3. The van der Waals surface area contributed by atoms with Crippen molar-refractivity contribution in [2.75, 3.05) is 0 Å². The van der Waals surface area contributed by atoms with Crippen molar-refractivity contribution in [3.05, 3.63) is 186 Å². The Morgan fingerprint density at radius 1 is 0.569 bits per heavy atom. The van der Waals surface area contributed by atoms with Crippen LogP contribution in [0.1, 0.15) is 16.7 Å². The summed E-state index contributed by atoms with van der Waals surface area (Å²) in [6, 6.07) is 49.6. The molecule has 0 saturated carbocycles. The summed E-state index contributed by atoms with van der Waals surface area (Å²) in [7, 11) is 0. The van der Waals surface area contributed by atoms with Gasteiger partial charge in [0.2, 0.25) is 0 Å². The van der Waals surface area contributed by atoms with Gasteiger partial charge < -0.3 is 4.57 Å². The smallest absolute Gasteiger partial charge is 0.308 e. The molecule has 9 aromatic rings. The number of alkyl halides is 3. The molecule has 276 valence electrons. The lowest BCUT2D eigenvalue weighted by Crippen LogP contribution is -2.05. The third kappa shape index (κ3) is 6.51. The standard InChI is InChI=1S/C49H29F3N6/c1-30-13-23-43-41(25-30)42-28-37(49(50,51)52)20-24-44(42)58(43)45-39(32-16-14-31(29-53)15-17-32)26-36(27-40(45)33-18-21-38(54-2)22-19-33)48-56-46(34-9-5-3-6-10-34)55-47(57-48)35-11-7-4-8-12-35/h3-28H,1H3. The minimum absolute atomic E-state index is 0.404. The molecule has 58 heavy (non-hydrogen) atoms. The van der Waals surface area contributed by atoms with E-state index in [1.165, 1.54) is 12.1 Å². The van der Waals surface area contributed by atoms with Crippen LogP contribution in [0.4, 0.5) is 18.9 Å². The zero-order valence-corrected chi connectivity index (χ0v) is 30.8. The van der Waals surface area contributed by atoms with E-state index in [-0.39, 0.29) is 0 Å². The fourth-order valence-electron chi connectivity index (χ4n) is 7.38. The molecule has 0 unspecified atom stereocenters. The highest BCUT2D eigenvalue weighted by atomic mass is 19.4. The molecular formula is C49H29F3N6. The van der Waals surface area contributed by atoms with Crippen molar-refractivity contribution in [2.24, 2.45) is 0 Å². The average Bonchev–Trinajstić information content (AvgIpc) is 3.58. The van der Waals surface area contributed by atoms with E-state index < -0.39 is 11.7 Å². The highest BCUT2D eigenvalue weighted by molar-refractivity contribution is 6.11. The molecule has 9 rings (SSSR count). The Labute approximate surface area is 331 Å². The van der Waals surface area contributed by atoms with Gasteiger partial charge in [-0.2, -0.15) is 18.4 Å². The number of benzene rings is 7. The largest absolute Gasteiger partial charge is 0.416 e. The first-order valence-electron chi connectivity index (χ1n) is 18.3. The molecule has 2 aromatic heterocycles. The van der Waals surface area contributed by atoms with E-state index in [4.69, 9.17) is 21.5 Å². The Morgan fingerprint density at radius 3 is 1.59 bits per heavy atom. The zero-order chi connectivity index (χ0) is 40.0. The van der Waals surface area contributed by atoms with Crippen LogP contribution in [-0.2, 0) is 6.18 Å². The lowest BCUT2D eigenvalue weighted by atomic mass is 9.92. The minimum Gasteiger partial charge on any atom is -0.308 e. The first-order valence-corrected chi connectivity index (χ1v) is 18.3. The molecule has 9 heteroatoms. The molecule has 0 bridgehead atoms. The van der Waals surface area contributed by atoms with E-state index in [0.29, 0.717) is 67.3 Å². The number of hydrogen-bond acceptors (Lipinski definition) is 4. The van der Waals surface area contributed by atoms with Gasteiger partial charge in [-0.1, -0.05) is 109 Å². The Balaban J connectivity index is 1.42. The average molecular weight is 759 g/mol. The van der Waals surface area contributed by atoms with Crippen LogP contribution in [0.2, 0.25) is 0 Å². The van der Waals surface area contributed by atoms with Gasteiger partial charge in [-0.3, -0.25) is 0 Å². The first-order chi connectivity index (χ1) is 28.2. The van der Waals surface area contributed by atoms with Crippen molar-refractivity contribution in [3.8, 4) is 68.2 Å². The van der Waals surface area contributed by atoms with Gasteiger partial charge in [0.05, 0.1) is 40.5 Å². The number of nitrogens with zero attached hydrogens (tertiary/aromatic N) is 6. The summed E-state index contributed by atoms with van der Waals surface area (Å²) >= 11 is 0. The maximum Gasteiger partial charge on any atom is 0.416 e. The number of fused-ring (bicyclic) bond motifs is 3. The van der Waals surface area contributed by atoms with E-state index in [2.05, 4.69) is 10.9 Å². The van der Waals surface area contributed by atoms with Gasteiger partial charge in [-0.25, -0.2) is 19.8 Å². The molecule has 2 heterocycles. The van der Waals surface area contributed by atoms with Crippen molar-refractivity contribution in [1.29, 1.82) is 5.26 Å². The molecule has 7 aromatic carbocycles. The summed E-state index contributed by atoms with van der Waals surface area (Å²) < 4.78 is 44.7. The predicted molar refractivity (Wildman–Crippen MR) is 222 cm³/mol. The molecular weight excluding hydrogens is 730 g/mol. The first kappa shape index (κ1) is 35.8. The fraction of sp³-hybridized carbons (Fsp3) is 0.0408. The summed E-state index contributed by atoms with van der Waals surface area (Å²) in [4.78, 5) is 18.6. The summed E-state index contributed by atoms with van der Waals surface area (Å²) in [6.07, 6.45) is -4.54. The maximum atomic E-state index is 14.2. The molecule has 0 aliphatic heterocycles. The quantitative estimate of drug-likeness (QED) is 0.158. The molecule has 0 spiro atoms. The van der Waals surface area contributed by atoms with Crippen LogP contribution in [0.3, 0.4) is 0 Å². The molecule has 0 radical (unpaired) electrons. The second-order valence-electron chi connectivity index (χ2n) is 13.9. The highest BCUT2D eigenvalue weighted by Gasteiger charge is 2.32. The van der Waals surface area contributed by atoms with Crippen LogP contribution in [0.25, 0.3) is 88.8 Å². The number of hydrogen-bond donors (Lipinski definition) is 0. The van der Waals surface area contributed by atoms with E-state index in [1.54, 1.807) is 24.3 Å². The zero-order valence-electron chi connectivity index (χ0n) is 30.8. The van der Waals surface area contributed by atoms with Crippen molar-refractivity contribution >= 4 is 27.5 Å². The van der Waals surface area contributed by atoms with E-state index in [1.807, 2.05) is 127 Å². The van der Waals surface area contributed by atoms with E-state index in [9.17, 15) is 18.4 Å². The molecule has 0 amide bonds. The normalized spacial score (nSPS) is 11.4. The molecule has 0 atom stereocenters. The van der Waals surface area contributed by atoms with Gasteiger partial charge in [0.25, 0.3) is 0 Å². The number of nitriles is 1. The molecule has 0 aliphatic carbocycles. The second-order valence-corrected chi connectivity index (χ2v) is 13.9. The van der Waals surface area contributed by atoms with Gasteiger partial charge in [-0.05, 0) is 72.6 Å². The van der Waals surface area contributed by atoms with Crippen LogP contribution in [0, 0.1) is 24.8 Å². The highest BCUT2D eigenvalue weighted by Crippen LogP contribution is 2.45. The van der Waals surface area contributed by atoms with Gasteiger partial charge in [0, 0.05) is 38.6 Å². The Morgan fingerprint density at radius 2 is 1.07 bits per heavy atom. The summed E-state index contributed by atoms with van der Waals surface area (Å²) in [5.74, 6) is 1.37. The third-order valence-corrected chi connectivity index (χ3v) is 10.2. The van der Waals surface area contributed by atoms with Crippen LogP contribution in [0.5, 0.6) is 0 Å². The molecule has 0 saturated heterocycles. The van der Waals surface area contributed by atoms with Crippen molar-refractivity contribution in [2.45, 2.75) is 13.1 Å². The van der Waals surface area contributed by atoms with Gasteiger partial charge in [0.1, 0.15) is 0 Å². The van der Waals surface area contributed by atoms with Crippen LogP contribution in [-0.4, -0.2) is 19.5 Å². The van der Waals surface area contributed by atoms with Gasteiger partial charge >= 0.3 is 6.18 Å². The lowest BCUT2D eigenvalue weighted by Gasteiger charge is -2.21. The number of rotatable bonds is 6. The van der Waals surface area contributed by atoms with E-state index in [0.717, 1.165) is 39.4 Å². The molecule has 0 fully saturated rings. The maximum absolute atomic E-state index is 14.2. The Hall–Kier alpha value is -7.88. The number of aromatic nitrogens is 4. The van der Waals surface area contributed by atoms with Crippen molar-refractivity contribution in [3.63, 3.8) is 0 Å². The summed E-state index contributed by atoms with van der Waals surface area (Å²) in [5.41, 5.74) is 8.28. The van der Waals surface area contributed by atoms with Crippen molar-refractivity contribution in [1.82, 2.24) is 19.5 Å². The van der Waals surface area contributed by atoms with Crippen LogP contribution >= 0.6 is 0 Å².